The second-order valence-corrected chi connectivity index (χ2v) is 6.14. The lowest BCUT2D eigenvalue weighted by Crippen LogP contribution is -2.19. The zero-order valence-electron chi connectivity index (χ0n) is 14.5. The monoisotopic (exact) mass is 385 g/mol. The molecular formula is C20H16ClNO5. The highest BCUT2D eigenvalue weighted by atomic mass is 35.5. The number of fused-ring (bicyclic) bond motifs is 1. The maximum Gasteiger partial charge on any atom is 0.343 e. The Bertz CT molecular complexity index is 1060. The van der Waals surface area contributed by atoms with Crippen LogP contribution in [0.2, 0.25) is 5.02 Å². The molecule has 0 fully saturated rings. The van der Waals surface area contributed by atoms with Crippen LogP contribution in [0.3, 0.4) is 0 Å². The Morgan fingerprint density at radius 2 is 1.81 bits per heavy atom. The molecule has 0 spiro atoms. The van der Waals surface area contributed by atoms with Crippen LogP contribution in [-0.2, 0) is 4.74 Å². The molecular weight excluding hydrogens is 370 g/mol. The Labute approximate surface area is 159 Å². The number of ether oxygens (including phenoxy) is 2. The maximum absolute atomic E-state index is 12.2. The average Bonchev–Trinajstić information content (AvgIpc) is 2.66. The molecule has 0 aliphatic carbocycles. The number of aromatic nitrogens is 1. The predicted octanol–water partition coefficient (Wildman–Crippen LogP) is 3.62. The number of carbonyl (C=O) groups excluding carboxylic acids is 2. The van der Waals surface area contributed by atoms with E-state index in [1.165, 1.54) is 6.07 Å². The average molecular weight is 386 g/mol. The number of carbonyl (C=O) groups is 2. The van der Waals surface area contributed by atoms with Gasteiger partial charge in [0.15, 0.2) is 12.4 Å². The van der Waals surface area contributed by atoms with Gasteiger partial charge in [-0.05, 0) is 54.8 Å². The van der Waals surface area contributed by atoms with Gasteiger partial charge in [-0.1, -0.05) is 11.6 Å². The van der Waals surface area contributed by atoms with Crippen LogP contribution >= 0.6 is 11.6 Å². The number of aromatic amines is 1. The van der Waals surface area contributed by atoms with Gasteiger partial charge in [-0.2, -0.15) is 0 Å². The molecule has 6 nitrogen and oxygen atoms in total. The predicted molar refractivity (Wildman–Crippen MR) is 102 cm³/mol. The van der Waals surface area contributed by atoms with Crippen LogP contribution in [0.25, 0.3) is 10.9 Å². The van der Waals surface area contributed by atoms with Crippen molar-refractivity contribution in [2.45, 2.75) is 6.92 Å². The Morgan fingerprint density at radius 1 is 1.07 bits per heavy atom. The standard InChI is InChI=1S/C20H16ClNO5/c1-2-26-20(25)16-9-13-5-8-15(10-17(13)22-19(16)24)27-11-18(23)12-3-6-14(21)7-4-12/h3-10H,2,11H2,1H3,(H,22,24). The summed E-state index contributed by atoms with van der Waals surface area (Å²) in [5.41, 5.74) is 0.378. The molecule has 0 saturated carbocycles. The summed E-state index contributed by atoms with van der Waals surface area (Å²) in [6, 6.07) is 12.9. The number of rotatable bonds is 6. The highest BCUT2D eigenvalue weighted by molar-refractivity contribution is 6.30. The Morgan fingerprint density at radius 3 is 2.52 bits per heavy atom. The van der Waals surface area contributed by atoms with E-state index in [0.717, 1.165) is 0 Å². The topological polar surface area (TPSA) is 85.5 Å². The maximum atomic E-state index is 12.2. The second kappa shape index (κ2) is 8.05. The first-order valence-corrected chi connectivity index (χ1v) is 8.61. The zero-order valence-corrected chi connectivity index (χ0v) is 15.2. The molecule has 138 valence electrons. The van der Waals surface area contributed by atoms with Crippen molar-refractivity contribution in [1.29, 1.82) is 0 Å². The molecule has 27 heavy (non-hydrogen) atoms. The molecule has 0 aliphatic heterocycles. The third-order valence-corrected chi connectivity index (χ3v) is 4.10. The van der Waals surface area contributed by atoms with Crippen LogP contribution in [0.5, 0.6) is 5.75 Å². The van der Waals surface area contributed by atoms with Gasteiger partial charge in [-0.15, -0.1) is 0 Å². The number of hydrogen-bond acceptors (Lipinski definition) is 5. The SMILES string of the molecule is CCOC(=O)c1cc2ccc(OCC(=O)c3ccc(Cl)cc3)cc2[nH]c1=O. The number of benzene rings is 2. The van der Waals surface area contributed by atoms with Gasteiger partial charge in [0.2, 0.25) is 0 Å². The largest absolute Gasteiger partial charge is 0.485 e. The van der Waals surface area contributed by atoms with E-state index in [1.807, 2.05) is 0 Å². The molecule has 0 aliphatic rings. The van der Waals surface area contributed by atoms with Crippen LogP contribution in [0.15, 0.2) is 53.3 Å². The summed E-state index contributed by atoms with van der Waals surface area (Å²) in [5, 5.41) is 1.20. The summed E-state index contributed by atoms with van der Waals surface area (Å²) in [5.74, 6) is -0.447. The summed E-state index contributed by atoms with van der Waals surface area (Å²) in [7, 11) is 0. The van der Waals surface area contributed by atoms with Gasteiger partial charge in [0.05, 0.1) is 12.1 Å². The fraction of sp³-hybridized carbons (Fsp3) is 0.150. The highest BCUT2D eigenvalue weighted by Gasteiger charge is 2.13. The van der Waals surface area contributed by atoms with Crippen molar-refractivity contribution in [2.24, 2.45) is 0 Å². The van der Waals surface area contributed by atoms with Gasteiger partial charge in [-0.25, -0.2) is 4.79 Å². The lowest BCUT2D eigenvalue weighted by atomic mass is 10.1. The van der Waals surface area contributed by atoms with Crippen molar-refractivity contribution in [3.8, 4) is 5.75 Å². The highest BCUT2D eigenvalue weighted by Crippen LogP contribution is 2.20. The minimum Gasteiger partial charge on any atom is -0.485 e. The van der Waals surface area contributed by atoms with Gasteiger partial charge in [0, 0.05) is 16.7 Å². The lowest BCUT2D eigenvalue weighted by molar-refractivity contribution is 0.0524. The van der Waals surface area contributed by atoms with E-state index in [-0.39, 0.29) is 24.6 Å². The van der Waals surface area contributed by atoms with Gasteiger partial charge in [0.1, 0.15) is 11.3 Å². The second-order valence-electron chi connectivity index (χ2n) is 5.70. The zero-order chi connectivity index (χ0) is 19.4. The summed E-state index contributed by atoms with van der Waals surface area (Å²) in [6.45, 7) is 1.70. The fourth-order valence-electron chi connectivity index (χ4n) is 2.50. The molecule has 0 bridgehead atoms. The molecule has 0 unspecified atom stereocenters. The van der Waals surface area contributed by atoms with Gasteiger partial charge >= 0.3 is 5.97 Å². The smallest absolute Gasteiger partial charge is 0.343 e. The van der Waals surface area contributed by atoms with Gasteiger partial charge < -0.3 is 14.5 Å². The number of Topliss-reactive ketones (excluding diaryl/α,β-unsaturated/α-hetero) is 1. The number of nitrogens with one attached hydrogen (secondary N) is 1. The number of ketones is 1. The summed E-state index contributed by atoms with van der Waals surface area (Å²) >= 11 is 5.81. The Kier molecular flexibility index (Phi) is 5.57. The third kappa shape index (κ3) is 4.35. The minimum absolute atomic E-state index is 0.0593. The molecule has 0 radical (unpaired) electrons. The molecule has 1 heterocycles. The number of pyridine rings is 1. The lowest BCUT2D eigenvalue weighted by Gasteiger charge is -2.08. The van der Waals surface area contributed by atoms with Crippen molar-refractivity contribution in [3.05, 3.63) is 75.0 Å². The van der Waals surface area contributed by atoms with Crippen LogP contribution in [0.1, 0.15) is 27.6 Å². The number of esters is 1. The molecule has 1 N–H and O–H groups in total. The van der Waals surface area contributed by atoms with E-state index < -0.39 is 11.5 Å². The molecule has 0 amide bonds. The van der Waals surface area contributed by atoms with Crippen molar-refractivity contribution >= 4 is 34.3 Å². The van der Waals surface area contributed by atoms with Crippen LogP contribution in [0.4, 0.5) is 0 Å². The first-order chi connectivity index (χ1) is 13.0. The van der Waals surface area contributed by atoms with Crippen LogP contribution < -0.4 is 10.3 Å². The van der Waals surface area contributed by atoms with E-state index in [4.69, 9.17) is 21.1 Å². The van der Waals surface area contributed by atoms with E-state index in [9.17, 15) is 14.4 Å². The van der Waals surface area contributed by atoms with Gasteiger partial charge in [-0.3, -0.25) is 9.59 Å². The van der Waals surface area contributed by atoms with Gasteiger partial charge in [0.25, 0.3) is 5.56 Å². The van der Waals surface area contributed by atoms with Crippen LogP contribution in [0, 0.1) is 0 Å². The normalized spacial score (nSPS) is 10.6. The van der Waals surface area contributed by atoms with E-state index in [0.29, 0.717) is 27.2 Å². The van der Waals surface area contributed by atoms with Crippen molar-refractivity contribution < 1.29 is 19.1 Å². The summed E-state index contributed by atoms with van der Waals surface area (Å²) in [6.07, 6.45) is 0. The van der Waals surface area contributed by atoms with E-state index in [1.54, 1.807) is 49.4 Å². The summed E-state index contributed by atoms with van der Waals surface area (Å²) in [4.78, 5) is 38.7. The molecule has 3 rings (SSSR count). The number of halogens is 1. The quantitative estimate of drug-likeness (QED) is 0.517. The molecule has 0 atom stereocenters. The third-order valence-electron chi connectivity index (χ3n) is 3.85. The van der Waals surface area contributed by atoms with Crippen molar-refractivity contribution in [1.82, 2.24) is 4.98 Å². The van der Waals surface area contributed by atoms with E-state index in [2.05, 4.69) is 4.98 Å². The number of H-pyrrole nitrogens is 1. The fourth-order valence-corrected chi connectivity index (χ4v) is 2.62. The molecule has 3 aromatic rings. The molecule has 0 saturated heterocycles. The van der Waals surface area contributed by atoms with Crippen LogP contribution in [-0.4, -0.2) is 30.0 Å². The first-order valence-electron chi connectivity index (χ1n) is 8.23. The van der Waals surface area contributed by atoms with E-state index >= 15 is 0 Å². The Balaban J connectivity index is 1.77. The van der Waals surface area contributed by atoms with Crippen molar-refractivity contribution in [3.63, 3.8) is 0 Å². The minimum atomic E-state index is -0.672. The Hall–Kier alpha value is -3.12. The number of hydrogen-bond donors (Lipinski definition) is 1. The molecule has 1 aromatic heterocycles. The molecule has 7 heteroatoms. The summed E-state index contributed by atoms with van der Waals surface area (Å²) < 4.78 is 10.4. The first kappa shape index (κ1) is 18.7. The van der Waals surface area contributed by atoms with Crippen molar-refractivity contribution in [2.75, 3.05) is 13.2 Å². The molecule has 2 aromatic carbocycles.